The lowest BCUT2D eigenvalue weighted by Crippen LogP contribution is -2.23. The van der Waals surface area contributed by atoms with Crippen LogP contribution in [0.3, 0.4) is 0 Å². The summed E-state index contributed by atoms with van der Waals surface area (Å²) in [5, 5.41) is 0. The molecule has 3 rings (SSSR count). The Morgan fingerprint density at radius 1 is 0.839 bits per heavy atom. The Labute approximate surface area is 183 Å². The van der Waals surface area contributed by atoms with Crippen molar-refractivity contribution in [2.45, 2.75) is 25.9 Å². The van der Waals surface area contributed by atoms with E-state index in [0.717, 1.165) is 22.4 Å². The second kappa shape index (κ2) is 10.4. The average molecular weight is 415 g/mol. The fourth-order valence-corrected chi connectivity index (χ4v) is 3.21. The van der Waals surface area contributed by atoms with Crippen molar-refractivity contribution >= 4 is 11.8 Å². The van der Waals surface area contributed by atoms with E-state index in [4.69, 9.17) is 9.47 Å². The van der Waals surface area contributed by atoms with Crippen molar-refractivity contribution in [2.75, 3.05) is 7.11 Å². The standard InChI is InChI=1S/C27H26O4/c1-19-9-11-22(12-10-19)18-25(28)31-27(23-7-5-4-6-8-23)26(29)20(2)17-21-13-15-24(30-3)16-14-21/h4-16,27H,2,17-18H2,1,3H3. The summed E-state index contributed by atoms with van der Waals surface area (Å²) in [5.74, 6) is -0.0181. The number of benzene rings is 3. The van der Waals surface area contributed by atoms with E-state index >= 15 is 0 Å². The molecule has 0 heterocycles. The van der Waals surface area contributed by atoms with E-state index in [-0.39, 0.29) is 12.2 Å². The zero-order valence-electron chi connectivity index (χ0n) is 17.8. The zero-order chi connectivity index (χ0) is 22.2. The summed E-state index contributed by atoms with van der Waals surface area (Å²) in [7, 11) is 1.60. The molecule has 0 aliphatic rings. The number of rotatable bonds is 9. The Morgan fingerprint density at radius 3 is 2.03 bits per heavy atom. The van der Waals surface area contributed by atoms with Crippen LogP contribution in [-0.4, -0.2) is 18.9 Å². The van der Waals surface area contributed by atoms with Gasteiger partial charge < -0.3 is 9.47 Å². The minimum Gasteiger partial charge on any atom is -0.497 e. The molecule has 0 N–H and O–H groups in total. The second-order valence-electron chi connectivity index (χ2n) is 7.44. The summed E-state index contributed by atoms with van der Waals surface area (Å²) in [6, 6.07) is 24.2. The number of carbonyl (C=O) groups is 2. The number of ether oxygens (including phenoxy) is 2. The van der Waals surface area contributed by atoms with Gasteiger partial charge in [-0.05, 0) is 35.8 Å². The number of Topliss-reactive ketones (excluding diaryl/α,β-unsaturated/α-hetero) is 1. The van der Waals surface area contributed by atoms with E-state index < -0.39 is 12.1 Å². The van der Waals surface area contributed by atoms with Crippen molar-refractivity contribution in [2.24, 2.45) is 0 Å². The number of hydrogen-bond acceptors (Lipinski definition) is 4. The molecular weight excluding hydrogens is 388 g/mol. The van der Waals surface area contributed by atoms with E-state index in [1.165, 1.54) is 0 Å². The van der Waals surface area contributed by atoms with Crippen molar-refractivity contribution in [3.05, 3.63) is 113 Å². The summed E-state index contributed by atoms with van der Waals surface area (Å²) in [6.45, 7) is 5.95. The van der Waals surface area contributed by atoms with Crippen LogP contribution in [0.25, 0.3) is 0 Å². The van der Waals surface area contributed by atoms with Crippen molar-refractivity contribution in [1.29, 1.82) is 0 Å². The number of hydrogen-bond donors (Lipinski definition) is 0. The van der Waals surface area contributed by atoms with Gasteiger partial charge >= 0.3 is 5.97 Å². The maximum absolute atomic E-state index is 13.2. The Balaban J connectivity index is 1.74. The molecule has 1 atom stereocenters. The van der Waals surface area contributed by atoms with Crippen LogP contribution in [0, 0.1) is 6.92 Å². The normalized spacial score (nSPS) is 11.4. The lowest BCUT2D eigenvalue weighted by atomic mass is 9.96. The van der Waals surface area contributed by atoms with Gasteiger partial charge in [-0.15, -0.1) is 0 Å². The molecule has 4 heteroatoms. The van der Waals surface area contributed by atoms with Crippen LogP contribution in [0.2, 0.25) is 0 Å². The fourth-order valence-electron chi connectivity index (χ4n) is 3.21. The van der Waals surface area contributed by atoms with Crippen LogP contribution < -0.4 is 4.74 Å². The number of esters is 1. The zero-order valence-corrected chi connectivity index (χ0v) is 17.8. The largest absolute Gasteiger partial charge is 0.497 e. The molecule has 0 aliphatic carbocycles. The Bertz CT molecular complexity index is 1030. The molecule has 158 valence electrons. The maximum Gasteiger partial charge on any atom is 0.311 e. The topological polar surface area (TPSA) is 52.6 Å². The summed E-state index contributed by atoms with van der Waals surface area (Å²) in [6.07, 6.45) is -0.561. The molecule has 0 aromatic heterocycles. The highest BCUT2D eigenvalue weighted by Gasteiger charge is 2.27. The summed E-state index contributed by atoms with van der Waals surface area (Å²) < 4.78 is 10.8. The molecule has 1 unspecified atom stereocenters. The van der Waals surface area contributed by atoms with Crippen LogP contribution in [0.4, 0.5) is 0 Å². The van der Waals surface area contributed by atoms with E-state index in [1.807, 2.05) is 73.7 Å². The number of ketones is 1. The number of carbonyl (C=O) groups excluding carboxylic acids is 2. The van der Waals surface area contributed by atoms with Gasteiger partial charge in [0.15, 0.2) is 6.10 Å². The van der Waals surface area contributed by atoms with E-state index in [2.05, 4.69) is 6.58 Å². The molecule has 0 fully saturated rings. The van der Waals surface area contributed by atoms with Gasteiger partial charge in [-0.2, -0.15) is 0 Å². The lowest BCUT2D eigenvalue weighted by molar-refractivity contribution is -0.153. The van der Waals surface area contributed by atoms with Crippen LogP contribution in [0.15, 0.2) is 91.0 Å². The third kappa shape index (κ3) is 6.16. The molecule has 0 saturated heterocycles. The first-order valence-electron chi connectivity index (χ1n) is 10.1. The summed E-state index contributed by atoms with van der Waals surface area (Å²) in [4.78, 5) is 25.8. The Morgan fingerprint density at radius 2 is 1.42 bits per heavy atom. The minimum atomic E-state index is -1.02. The van der Waals surface area contributed by atoms with Crippen LogP contribution >= 0.6 is 0 Å². The van der Waals surface area contributed by atoms with Gasteiger partial charge in [-0.25, -0.2) is 0 Å². The van der Waals surface area contributed by atoms with Gasteiger partial charge in [0.25, 0.3) is 0 Å². The molecule has 0 spiro atoms. The third-order valence-electron chi connectivity index (χ3n) is 4.98. The van der Waals surface area contributed by atoms with Crippen molar-refractivity contribution in [3.8, 4) is 5.75 Å². The molecule has 3 aromatic carbocycles. The monoisotopic (exact) mass is 414 g/mol. The maximum atomic E-state index is 13.2. The summed E-state index contributed by atoms with van der Waals surface area (Å²) in [5.41, 5.74) is 3.89. The predicted octanol–water partition coefficient (Wildman–Crippen LogP) is 5.20. The van der Waals surface area contributed by atoms with Crippen molar-refractivity contribution in [1.82, 2.24) is 0 Å². The second-order valence-corrected chi connectivity index (χ2v) is 7.44. The molecular formula is C27H26O4. The minimum absolute atomic E-state index is 0.0991. The number of aryl methyl sites for hydroxylation is 1. The van der Waals surface area contributed by atoms with Crippen molar-refractivity contribution in [3.63, 3.8) is 0 Å². The molecule has 0 aliphatic heterocycles. The highest BCUT2D eigenvalue weighted by molar-refractivity contribution is 6.00. The Hall–Kier alpha value is -3.66. The third-order valence-corrected chi connectivity index (χ3v) is 4.98. The first-order valence-corrected chi connectivity index (χ1v) is 10.1. The average Bonchev–Trinajstić information content (AvgIpc) is 2.79. The first kappa shape index (κ1) is 22.0. The molecule has 0 bridgehead atoms. The lowest BCUT2D eigenvalue weighted by Gasteiger charge is -2.19. The number of methoxy groups -OCH3 is 1. The first-order chi connectivity index (χ1) is 15.0. The molecule has 31 heavy (non-hydrogen) atoms. The summed E-state index contributed by atoms with van der Waals surface area (Å²) >= 11 is 0. The Kier molecular flexibility index (Phi) is 7.39. The fraction of sp³-hybridized carbons (Fsp3) is 0.185. The van der Waals surface area contributed by atoms with Crippen LogP contribution in [-0.2, 0) is 27.2 Å². The van der Waals surface area contributed by atoms with Gasteiger partial charge in [0.05, 0.1) is 13.5 Å². The van der Waals surface area contributed by atoms with Gasteiger partial charge in [0.2, 0.25) is 5.78 Å². The molecule has 3 aromatic rings. The van der Waals surface area contributed by atoms with Crippen LogP contribution in [0.1, 0.15) is 28.4 Å². The SMILES string of the molecule is C=C(Cc1ccc(OC)cc1)C(=O)C(OC(=O)Cc1ccc(C)cc1)c1ccccc1. The van der Waals surface area contributed by atoms with Crippen molar-refractivity contribution < 1.29 is 19.1 Å². The molecule has 4 nitrogen and oxygen atoms in total. The smallest absolute Gasteiger partial charge is 0.311 e. The van der Waals surface area contributed by atoms with E-state index in [9.17, 15) is 9.59 Å². The van der Waals surface area contributed by atoms with E-state index in [0.29, 0.717) is 17.6 Å². The highest BCUT2D eigenvalue weighted by Crippen LogP contribution is 2.24. The van der Waals surface area contributed by atoms with Crippen LogP contribution in [0.5, 0.6) is 5.75 Å². The molecule has 0 amide bonds. The predicted molar refractivity (Wildman–Crippen MR) is 121 cm³/mol. The van der Waals surface area contributed by atoms with Gasteiger partial charge in [-0.3, -0.25) is 9.59 Å². The van der Waals surface area contributed by atoms with E-state index in [1.54, 1.807) is 19.2 Å². The van der Waals surface area contributed by atoms with Gasteiger partial charge in [-0.1, -0.05) is 78.9 Å². The van der Waals surface area contributed by atoms with Gasteiger partial charge in [0.1, 0.15) is 5.75 Å². The highest BCUT2D eigenvalue weighted by atomic mass is 16.5. The quantitative estimate of drug-likeness (QED) is 0.357. The van der Waals surface area contributed by atoms with Gasteiger partial charge in [0, 0.05) is 12.0 Å². The molecule has 0 radical (unpaired) electrons. The molecule has 0 saturated carbocycles.